The van der Waals surface area contributed by atoms with Crippen molar-refractivity contribution in [2.75, 3.05) is 13.2 Å². The molecule has 0 bridgehead atoms. The van der Waals surface area contributed by atoms with Crippen LogP contribution >= 0.6 is 0 Å². The zero-order valence-corrected chi connectivity index (χ0v) is 56.8. The summed E-state index contributed by atoms with van der Waals surface area (Å²) in [6.07, 6.45) is 73.6. The molecule has 9 atom stereocenters. The maximum Gasteiger partial charge on any atom is 0.249 e. The van der Waals surface area contributed by atoms with Crippen LogP contribution in [0.25, 0.3) is 0 Å². The van der Waals surface area contributed by atoms with Gasteiger partial charge in [-0.05, 0) is 83.5 Å². The molecule has 512 valence electrons. The largest absolute Gasteiger partial charge is 0.394 e. The van der Waals surface area contributed by atoms with Gasteiger partial charge >= 0.3 is 0 Å². The lowest BCUT2D eigenvalue weighted by Crippen LogP contribution is -2.60. The summed E-state index contributed by atoms with van der Waals surface area (Å²) in [7, 11) is 0. The first kappa shape index (κ1) is 83.1. The number of rotatable bonds is 66. The molecule has 1 aliphatic rings. The number of aliphatic hydroxyl groups is 7. The van der Waals surface area contributed by atoms with Gasteiger partial charge in [0.25, 0.3) is 0 Å². The van der Waals surface area contributed by atoms with E-state index >= 15 is 0 Å². The van der Waals surface area contributed by atoms with Crippen LogP contribution in [0, 0.1) is 0 Å². The number of carbonyl (C=O) groups is 1. The third-order valence-corrected chi connectivity index (χ3v) is 18.1. The molecule has 0 aromatic rings. The smallest absolute Gasteiger partial charge is 0.249 e. The molecule has 0 saturated carbocycles. The van der Waals surface area contributed by atoms with Crippen LogP contribution in [0.5, 0.6) is 0 Å². The highest BCUT2D eigenvalue weighted by molar-refractivity contribution is 5.80. The highest BCUT2D eigenvalue weighted by Crippen LogP contribution is 2.24. The van der Waals surface area contributed by atoms with Crippen LogP contribution in [0.4, 0.5) is 0 Å². The third kappa shape index (κ3) is 51.3. The van der Waals surface area contributed by atoms with Crippen molar-refractivity contribution in [2.45, 2.75) is 416 Å². The molecule has 8 N–H and O–H groups in total. The second-order valence-corrected chi connectivity index (χ2v) is 26.4. The summed E-state index contributed by atoms with van der Waals surface area (Å²) in [6, 6.07) is -1.19. The van der Waals surface area contributed by atoms with Crippen molar-refractivity contribution in [2.24, 2.45) is 0 Å². The van der Waals surface area contributed by atoms with Crippen molar-refractivity contribution in [3.05, 3.63) is 48.6 Å². The fourth-order valence-electron chi connectivity index (χ4n) is 12.1. The number of hydrogen-bond acceptors (Lipinski definition) is 10. The maximum absolute atomic E-state index is 13.3. The number of nitrogens with one attached hydrogen (secondary N) is 1. The van der Waals surface area contributed by atoms with Crippen LogP contribution in [0.15, 0.2) is 48.6 Å². The minimum absolute atomic E-state index is 0.247. The minimum Gasteiger partial charge on any atom is -0.394 e. The Balaban J connectivity index is 2.15. The van der Waals surface area contributed by atoms with Crippen LogP contribution in [-0.2, 0) is 14.3 Å². The average molecular weight is 1230 g/mol. The van der Waals surface area contributed by atoms with Gasteiger partial charge in [-0.2, -0.15) is 0 Å². The molecular weight excluding hydrogens is 1090 g/mol. The van der Waals surface area contributed by atoms with E-state index in [0.29, 0.717) is 19.3 Å². The number of carbonyl (C=O) groups excluding carboxylic acids is 1. The summed E-state index contributed by atoms with van der Waals surface area (Å²) in [5.74, 6) is -0.706. The molecule has 87 heavy (non-hydrogen) atoms. The SMILES string of the molecule is CCCCCCCCCCCCCCC/C=C/CC/C=C/CCCC(O)C(O)C(COC1OC(CO)C(O)C(O)C1O)NC(=O)C(O)CCCCCCCCCCCCCCCCCC/C=C\C/C=C\CCCCCCCCCCCCCCCCC. The van der Waals surface area contributed by atoms with Crippen molar-refractivity contribution >= 4 is 5.91 Å². The normalized spacial score (nSPS) is 18.9. The van der Waals surface area contributed by atoms with Crippen molar-refractivity contribution in [1.82, 2.24) is 5.32 Å². The van der Waals surface area contributed by atoms with Crippen LogP contribution in [0.3, 0.4) is 0 Å². The molecule has 1 saturated heterocycles. The van der Waals surface area contributed by atoms with Crippen LogP contribution in [0.1, 0.15) is 361 Å². The van der Waals surface area contributed by atoms with Crippen molar-refractivity contribution in [3.8, 4) is 0 Å². The molecule has 0 spiro atoms. The van der Waals surface area contributed by atoms with Gasteiger partial charge in [0, 0.05) is 0 Å². The lowest BCUT2D eigenvalue weighted by molar-refractivity contribution is -0.303. The molecule has 0 aromatic carbocycles. The molecule has 1 fully saturated rings. The van der Waals surface area contributed by atoms with Gasteiger partial charge in [-0.25, -0.2) is 0 Å². The second kappa shape index (κ2) is 64.2. The lowest BCUT2D eigenvalue weighted by Gasteiger charge is -2.40. The first-order chi connectivity index (χ1) is 42.7. The summed E-state index contributed by atoms with van der Waals surface area (Å²) >= 11 is 0. The second-order valence-electron chi connectivity index (χ2n) is 26.4. The predicted octanol–water partition coefficient (Wildman–Crippen LogP) is 18.7. The quantitative estimate of drug-likeness (QED) is 0.0215. The van der Waals surface area contributed by atoms with E-state index in [4.69, 9.17) is 9.47 Å². The van der Waals surface area contributed by atoms with Gasteiger partial charge < -0.3 is 50.5 Å². The zero-order chi connectivity index (χ0) is 63.1. The van der Waals surface area contributed by atoms with Crippen LogP contribution < -0.4 is 5.32 Å². The van der Waals surface area contributed by atoms with Gasteiger partial charge in [0.05, 0.1) is 25.4 Å². The van der Waals surface area contributed by atoms with Gasteiger partial charge in [0.15, 0.2) is 6.29 Å². The molecule has 1 heterocycles. The number of aliphatic hydroxyl groups excluding tert-OH is 7. The lowest BCUT2D eigenvalue weighted by atomic mass is 9.98. The number of allylic oxidation sites excluding steroid dienone is 8. The zero-order valence-electron chi connectivity index (χ0n) is 56.8. The van der Waals surface area contributed by atoms with E-state index in [1.54, 1.807) is 0 Å². The van der Waals surface area contributed by atoms with Gasteiger partial charge in [-0.1, -0.05) is 326 Å². The van der Waals surface area contributed by atoms with E-state index < -0.39 is 74.2 Å². The molecule has 9 unspecified atom stereocenters. The summed E-state index contributed by atoms with van der Waals surface area (Å²) in [6.45, 7) is 3.49. The number of unbranched alkanes of at least 4 members (excludes halogenated alkanes) is 46. The van der Waals surface area contributed by atoms with Gasteiger partial charge in [0.1, 0.15) is 36.6 Å². The number of amides is 1. The molecular formula is C76H143NO10. The Kier molecular flexibility index (Phi) is 61.3. The Morgan fingerprint density at radius 3 is 1.09 bits per heavy atom. The Bertz CT molecular complexity index is 1560. The summed E-state index contributed by atoms with van der Waals surface area (Å²) < 4.78 is 11.2. The maximum atomic E-state index is 13.3. The van der Waals surface area contributed by atoms with E-state index in [1.807, 2.05) is 0 Å². The summed E-state index contributed by atoms with van der Waals surface area (Å²) in [5.41, 5.74) is 0. The average Bonchev–Trinajstić information content (AvgIpc) is 2.02. The Morgan fingerprint density at radius 2 is 0.724 bits per heavy atom. The van der Waals surface area contributed by atoms with E-state index in [0.717, 1.165) is 44.9 Å². The van der Waals surface area contributed by atoms with Gasteiger partial charge in [-0.3, -0.25) is 4.79 Å². The molecule has 1 rings (SSSR count). The Labute approximate surface area is 536 Å². The molecule has 0 aliphatic carbocycles. The van der Waals surface area contributed by atoms with Crippen LogP contribution in [0.2, 0.25) is 0 Å². The number of ether oxygens (including phenoxy) is 2. The van der Waals surface area contributed by atoms with Crippen LogP contribution in [-0.4, -0.2) is 110 Å². The van der Waals surface area contributed by atoms with E-state index in [2.05, 4.69) is 67.8 Å². The molecule has 11 nitrogen and oxygen atoms in total. The van der Waals surface area contributed by atoms with E-state index in [-0.39, 0.29) is 12.8 Å². The van der Waals surface area contributed by atoms with Gasteiger partial charge in [0.2, 0.25) is 5.91 Å². The van der Waals surface area contributed by atoms with E-state index in [1.165, 1.54) is 270 Å². The molecule has 0 radical (unpaired) electrons. The van der Waals surface area contributed by atoms with Gasteiger partial charge in [-0.15, -0.1) is 0 Å². The fourth-order valence-corrected chi connectivity index (χ4v) is 12.1. The molecule has 11 heteroatoms. The third-order valence-electron chi connectivity index (χ3n) is 18.1. The summed E-state index contributed by atoms with van der Waals surface area (Å²) in [5, 5.41) is 76.5. The Morgan fingerprint density at radius 1 is 0.402 bits per heavy atom. The Hall–Kier alpha value is -1.93. The molecule has 1 aliphatic heterocycles. The summed E-state index contributed by atoms with van der Waals surface area (Å²) in [4.78, 5) is 13.3. The minimum atomic E-state index is -1.67. The highest BCUT2D eigenvalue weighted by Gasteiger charge is 2.44. The standard InChI is InChI=1S/C76H143NO10/c1-3-5-7-9-11-13-15-17-19-21-23-25-27-28-29-30-31-32-33-34-35-36-37-38-39-40-41-42-44-46-48-50-52-54-56-58-60-62-64-69(80)75(85)77-67(66-86-76-74(84)73(83)72(82)70(65-78)87-76)71(81)68(79)63-61-59-57-55-53-51-49-47-45-43-26-24-22-20-18-16-14-12-10-8-6-4-2/h31-32,34-35,47,49,55,57,67-74,76,78-84H,3-30,33,36-46,48,50-54,56,58-66H2,1-2H3,(H,77,85)/b32-31-,35-34-,49-47+,57-55+. The fraction of sp³-hybridized carbons (Fsp3) is 0.882. The van der Waals surface area contributed by atoms with E-state index in [9.17, 15) is 40.5 Å². The first-order valence-electron chi connectivity index (χ1n) is 37.5. The van der Waals surface area contributed by atoms with Crippen molar-refractivity contribution in [3.63, 3.8) is 0 Å². The monoisotopic (exact) mass is 1230 g/mol. The highest BCUT2D eigenvalue weighted by atomic mass is 16.7. The molecule has 0 aromatic heterocycles. The first-order valence-corrected chi connectivity index (χ1v) is 37.5. The number of hydrogen-bond donors (Lipinski definition) is 8. The topological polar surface area (TPSA) is 189 Å². The van der Waals surface area contributed by atoms with Crippen molar-refractivity contribution in [1.29, 1.82) is 0 Å². The molecule has 1 amide bonds. The van der Waals surface area contributed by atoms with Crippen molar-refractivity contribution < 1.29 is 50.0 Å². The predicted molar refractivity (Wildman–Crippen MR) is 367 cm³/mol.